The van der Waals surface area contributed by atoms with E-state index in [2.05, 4.69) is 31.3 Å². The van der Waals surface area contributed by atoms with Crippen molar-refractivity contribution < 1.29 is 14.3 Å². The average molecular weight is 370 g/mol. The molecule has 0 fully saturated rings. The van der Waals surface area contributed by atoms with Gasteiger partial charge in [0.25, 0.3) is 0 Å². The van der Waals surface area contributed by atoms with E-state index in [1.165, 1.54) is 5.56 Å². The summed E-state index contributed by atoms with van der Waals surface area (Å²) in [4.78, 5) is 14.6. The molecule has 5 heteroatoms. The first-order valence-electron chi connectivity index (χ1n) is 9.18. The molecule has 0 saturated carbocycles. The summed E-state index contributed by atoms with van der Waals surface area (Å²) in [7, 11) is 5.16. The molecule has 0 radical (unpaired) electrons. The van der Waals surface area contributed by atoms with E-state index >= 15 is 0 Å². The summed E-state index contributed by atoms with van der Waals surface area (Å²) in [6.45, 7) is 6.76. The Balaban J connectivity index is 2.04. The van der Waals surface area contributed by atoms with E-state index in [0.717, 1.165) is 11.3 Å². The summed E-state index contributed by atoms with van der Waals surface area (Å²) in [6.07, 6.45) is 0. The van der Waals surface area contributed by atoms with Crippen LogP contribution in [0, 0.1) is 0 Å². The molecular formula is C22H30N2O3. The van der Waals surface area contributed by atoms with Crippen LogP contribution in [-0.4, -0.2) is 38.1 Å². The number of hydrogen-bond donors (Lipinski definition) is 1. The van der Waals surface area contributed by atoms with Crippen LogP contribution in [0.1, 0.15) is 37.8 Å². The van der Waals surface area contributed by atoms with Crippen molar-refractivity contribution in [3.63, 3.8) is 0 Å². The highest BCUT2D eigenvalue weighted by molar-refractivity contribution is 5.94. The smallest absolute Gasteiger partial charge is 0.241 e. The van der Waals surface area contributed by atoms with Gasteiger partial charge < -0.3 is 14.8 Å². The van der Waals surface area contributed by atoms with Crippen LogP contribution in [0.4, 0.5) is 5.69 Å². The van der Waals surface area contributed by atoms with Gasteiger partial charge in [-0.1, -0.05) is 38.1 Å². The molecule has 0 aliphatic rings. The number of anilines is 1. The van der Waals surface area contributed by atoms with Crippen molar-refractivity contribution in [3.8, 4) is 11.5 Å². The number of ether oxygens (including phenoxy) is 2. The third-order valence-corrected chi connectivity index (χ3v) is 4.79. The standard InChI is InChI=1S/C22H30N2O3/c1-15(2)17-10-12-19(13-11-17)23-22(25)16(3)24(4)14-18-8-7-9-20(26-5)21(18)27-6/h7-13,15-16H,14H2,1-6H3,(H,23,25)/t16-/m1/s1. The minimum atomic E-state index is -0.300. The molecular weight excluding hydrogens is 340 g/mol. The summed E-state index contributed by atoms with van der Waals surface area (Å²) >= 11 is 0. The van der Waals surface area contributed by atoms with E-state index < -0.39 is 0 Å². The molecule has 2 aromatic rings. The van der Waals surface area contributed by atoms with Crippen LogP contribution in [0.15, 0.2) is 42.5 Å². The number of amides is 1. The van der Waals surface area contributed by atoms with Gasteiger partial charge >= 0.3 is 0 Å². The minimum Gasteiger partial charge on any atom is -0.493 e. The van der Waals surface area contributed by atoms with Crippen LogP contribution in [0.25, 0.3) is 0 Å². The third-order valence-electron chi connectivity index (χ3n) is 4.79. The van der Waals surface area contributed by atoms with Crippen molar-refractivity contribution in [2.45, 2.75) is 39.3 Å². The minimum absolute atomic E-state index is 0.0448. The number of carbonyl (C=O) groups is 1. The van der Waals surface area contributed by atoms with Crippen molar-refractivity contribution in [1.82, 2.24) is 4.90 Å². The van der Waals surface area contributed by atoms with E-state index in [1.807, 2.05) is 49.2 Å². The van der Waals surface area contributed by atoms with Gasteiger partial charge in [-0.3, -0.25) is 9.69 Å². The molecule has 0 saturated heterocycles. The molecule has 0 spiro atoms. The van der Waals surface area contributed by atoms with Crippen LogP contribution in [0.2, 0.25) is 0 Å². The Labute approximate surface area is 162 Å². The van der Waals surface area contributed by atoms with Gasteiger partial charge in [-0.15, -0.1) is 0 Å². The number of hydrogen-bond acceptors (Lipinski definition) is 4. The van der Waals surface area contributed by atoms with Crippen molar-refractivity contribution in [2.75, 3.05) is 26.6 Å². The number of methoxy groups -OCH3 is 2. The van der Waals surface area contributed by atoms with E-state index in [-0.39, 0.29) is 11.9 Å². The molecule has 0 aliphatic carbocycles. The first-order chi connectivity index (χ1) is 12.9. The van der Waals surface area contributed by atoms with Gasteiger partial charge in [-0.2, -0.15) is 0 Å². The highest BCUT2D eigenvalue weighted by Crippen LogP contribution is 2.31. The van der Waals surface area contributed by atoms with Gasteiger partial charge in [0.05, 0.1) is 20.3 Å². The van der Waals surface area contributed by atoms with Crippen LogP contribution >= 0.6 is 0 Å². The second kappa shape index (κ2) is 9.42. The van der Waals surface area contributed by atoms with Crippen LogP contribution in [0.3, 0.4) is 0 Å². The van der Waals surface area contributed by atoms with Gasteiger partial charge in [0, 0.05) is 17.8 Å². The topological polar surface area (TPSA) is 50.8 Å². The fraction of sp³-hybridized carbons (Fsp3) is 0.409. The fourth-order valence-electron chi connectivity index (χ4n) is 2.88. The molecule has 0 heterocycles. The molecule has 1 amide bonds. The van der Waals surface area contributed by atoms with Crippen molar-refractivity contribution in [3.05, 3.63) is 53.6 Å². The largest absolute Gasteiger partial charge is 0.493 e. The second-order valence-corrected chi connectivity index (χ2v) is 7.01. The number of likely N-dealkylation sites (N-methyl/N-ethyl adjacent to an activating group) is 1. The molecule has 146 valence electrons. The Morgan fingerprint density at radius 1 is 1.04 bits per heavy atom. The summed E-state index contributed by atoms with van der Waals surface area (Å²) in [6, 6.07) is 13.5. The van der Waals surface area contributed by atoms with Gasteiger partial charge in [0.2, 0.25) is 5.91 Å². The first kappa shape index (κ1) is 20.8. The van der Waals surface area contributed by atoms with Gasteiger partial charge in [-0.25, -0.2) is 0 Å². The Morgan fingerprint density at radius 3 is 2.26 bits per heavy atom. The number of nitrogens with one attached hydrogen (secondary N) is 1. The average Bonchev–Trinajstić information content (AvgIpc) is 2.67. The zero-order chi connectivity index (χ0) is 20.0. The van der Waals surface area contributed by atoms with Gasteiger partial charge in [0.1, 0.15) is 0 Å². The molecule has 0 bridgehead atoms. The highest BCUT2D eigenvalue weighted by Gasteiger charge is 2.20. The molecule has 2 rings (SSSR count). The molecule has 1 atom stereocenters. The van der Waals surface area contributed by atoms with E-state index in [4.69, 9.17) is 9.47 Å². The number of carbonyl (C=O) groups excluding carboxylic acids is 1. The monoisotopic (exact) mass is 370 g/mol. The SMILES string of the molecule is COc1cccc(CN(C)[C@H](C)C(=O)Nc2ccc(C(C)C)cc2)c1OC. The number of rotatable bonds is 8. The number of para-hydroxylation sites is 1. The maximum Gasteiger partial charge on any atom is 0.241 e. The predicted molar refractivity (Wildman–Crippen MR) is 110 cm³/mol. The fourth-order valence-corrected chi connectivity index (χ4v) is 2.88. The Hall–Kier alpha value is -2.53. The predicted octanol–water partition coefficient (Wildman–Crippen LogP) is 4.29. The van der Waals surface area contributed by atoms with Gasteiger partial charge in [0.15, 0.2) is 11.5 Å². The molecule has 2 aromatic carbocycles. The molecule has 0 aliphatic heterocycles. The molecule has 1 N–H and O–H groups in total. The maximum absolute atomic E-state index is 12.6. The summed E-state index contributed by atoms with van der Waals surface area (Å²) in [5.74, 6) is 1.81. The highest BCUT2D eigenvalue weighted by atomic mass is 16.5. The quantitative estimate of drug-likeness (QED) is 0.753. The second-order valence-electron chi connectivity index (χ2n) is 7.01. The van der Waals surface area contributed by atoms with Crippen LogP contribution < -0.4 is 14.8 Å². The van der Waals surface area contributed by atoms with Gasteiger partial charge in [-0.05, 0) is 43.7 Å². The Bertz CT molecular complexity index is 757. The van der Waals surface area contributed by atoms with Crippen LogP contribution in [0.5, 0.6) is 11.5 Å². The lowest BCUT2D eigenvalue weighted by Gasteiger charge is -2.25. The summed E-state index contributed by atoms with van der Waals surface area (Å²) < 4.78 is 10.8. The Kier molecular flexibility index (Phi) is 7.25. The van der Waals surface area contributed by atoms with E-state index in [1.54, 1.807) is 14.2 Å². The number of nitrogens with zero attached hydrogens (tertiary/aromatic N) is 1. The lowest BCUT2D eigenvalue weighted by molar-refractivity contribution is -0.120. The normalized spacial score (nSPS) is 12.1. The zero-order valence-corrected chi connectivity index (χ0v) is 17.1. The van der Waals surface area contributed by atoms with Crippen molar-refractivity contribution in [1.29, 1.82) is 0 Å². The van der Waals surface area contributed by atoms with Crippen molar-refractivity contribution in [2.24, 2.45) is 0 Å². The zero-order valence-electron chi connectivity index (χ0n) is 17.1. The molecule has 0 aromatic heterocycles. The Morgan fingerprint density at radius 2 is 1.70 bits per heavy atom. The summed E-state index contributed by atoms with van der Waals surface area (Å²) in [5, 5.41) is 2.99. The first-order valence-corrected chi connectivity index (χ1v) is 9.18. The maximum atomic E-state index is 12.6. The van der Waals surface area contributed by atoms with Crippen LogP contribution in [-0.2, 0) is 11.3 Å². The lowest BCUT2D eigenvalue weighted by atomic mass is 10.0. The molecule has 0 unspecified atom stereocenters. The van der Waals surface area contributed by atoms with E-state index in [0.29, 0.717) is 24.0 Å². The number of benzene rings is 2. The van der Waals surface area contributed by atoms with E-state index in [9.17, 15) is 4.79 Å². The molecule has 27 heavy (non-hydrogen) atoms. The molecule has 5 nitrogen and oxygen atoms in total. The lowest BCUT2D eigenvalue weighted by Crippen LogP contribution is -2.39. The third kappa shape index (κ3) is 5.23. The summed E-state index contributed by atoms with van der Waals surface area (Å²) in [5.41, 5.74) is 3.03. The van der Waals surface area contributed by atoms with Crippen molar-refractivity contribution >= 4 is 11.6 Å².